The minimum atomic E-state index is 0.518. The van der Waals surface area contributed by atoms with Gasteiger partial charge in [-0.1, -0.05) is 72.8 Å². The summed E-state index contributed by atoms with van der Waals surface area (Å²) < 4.78 is 0. The molecule has 0 heterocycles. The molecule has 1 N–H and O–H groups in total. The number of nitrogens with one attached hydrogen (secondary N) is 1. The summed E-state index contributed by atoms with van der Waals surface area (Å²) in [7, 11) is 0. The molecule has 3 rings (SSSR count). The van der Waals surface area contributed by atoms with E-state index in [1.165, 1.54) is 28.3 Å². The summed E-state index contributed by atoms with van der Waals surface area (Å²) >= 11 is 0. The van der Waals surface area contributed by atoms with Gasteiger partial charge in [-0.2, -0.15) is 0 Å². The highest BCUT2D eigenvalue weighted by Crippen LogP contribution is 2.19. The van der Waals surface area contributed by atoms with Crippen LogP contribution in [-0.4, -0.2) is 12.6 Å². The molecule has 3 aromatic rings. The molecule has 1 atom stereocenters. The van der Waals surface area contributed by atoms with E-state index in [2.05, 4.69) is 85.0 Å². The Morgan fingerprint density at radius 3 is 2.43 bits per heavy atom. The molecular formula is C22H25N. The second kappa shape index (κ2) is 7.94. The van der Waals surface area contributed by atoms with Gasteiger partial charge in [0.1, 0.15) is 0 Å². The third-order valence-corrected chi connectivity index (χ3v) is 4.38. The Labute approximate surface area is 139 Å². The number of benzene rings is 3. The first kappa shape index (κ1) is 15.8. The predicted molar refractivity (Wildman–Crippen MR) is 99.9 cm³/mol. The summed E-state index contributed by atoms with van der Waals surface area (Å²) in [5.41, 5.74) is 2.86. The van der Waals surface area contributed by atoms with Gasteiger partial charge in [-0.05, 0) is 54.6 Å². The van der Waals surface area contributed by atoms with Crippen LogP contribution in [-0.2, 0) is 12.8 Å². The summed E-state index contributed by atoms with van der Waals surface area (Å²) in [5.74, 6) is 0. The van der Waals surface area contributed by atoms with Gasteiger partial charge in [-0.3, -0.25) is 0 Å². The van der Waals surface area contributed by atoms with Crippen LogP contribution in [0.1, 0.15) is 24.5 Å². The predicted octanol–water partition coefficient (Wildman–Crippen LogP) is 4.99. The maximum Gasteiger partial charge on any atom is 0.00791 e. The smallest absolute Gasteiger partial charge is 0.00791 e. The van der Waals surface area contributed by atoms with Crippen LogP contribution in [0, 0.1) is 0 Å². The summed E-state index contributed by atoms with van der Waals surface area (Å²) in [6.45, 7) is 3.34. The van der Waals surface area contributed by atoms with Crippen molar-refractivity contribution in [2.45, 2.75) is 32.2 Å². The summed E-state index contributed by atoms with van der Waals surface area (Å²) in [6, 6.07) is 26.5. The molecule has 0 unspecified atom stereocenters. The normalized spacial score (nSPS) is 12.4. The van der Waals surface area contributed by atoms with E-state index < -0.39 is 0 Å². The van der Waals surface area contributed by atoms with Crippen LogP contribution in [0.5, 0.6) is 0 Å². The lowest BCUT2D eigenvalue weighted by Gasteiger charge is -2.14. The molecular weight excluding hydrogens is 278 g/mol. The molecule has 0 fully saturated rings. The largest absolute Gasteiger partial charge is 0.314 e. The molecule has 1 nitrogen and oxygen atoms in total. The number of hydrogen-bond donors (Lipinski definition) is 1. The van der Waals surface area contributed by atoms with E-state index in [4.69, 9.17) is 0 Å². The Morgan fingerprint density at radius 1 is 0.826 bits per heavy atom. The van der Waals surface area contributed by atoms with Gasteiger partial charge in [0.25, 0.3) is 0 Å². The Bertz CT molecular complexity index is 728. The SMILES string of the molecule is C[C@H](Cc1ccccc1)NCCCc1cccc2ccccc12. The van der Waals surface area contributed by atoms with Crippen molar-refractivity contribution in [3.63, 3.8) is 0 Å². The lowest BCUT2D eigenvalue weighted by molar-refractivity contribution is 0.534. The van der Waals surface area contributed by atoms with Gasteiger partial charge < -0.3 is 5.32 Å². The molecule has 23 heavy (non-hydrogen) atoms. The first-order chi connectivity index (χ1) is 11.3. The minimum absolute atomic E-state index is 0.518. The van der Waals surface area contributed by atoms with E-state index in [-0.39, 0.29) is 0 Å². The molecule has 3 aromatic carbocycles. The number of fused-ring (bicyclic) bond motifs is 1. The van der Waals surface area contributed by atoms with Crippen molar-refractivity contribution in [1.29, 1.82) is 0 Å². The fourth-order valence-corrected chi connectivity index (χ4v) is 3.18. The van der Waals surface area contributed by atoms with Gasteiger partial charge in [0.05, 0.1) is 0 Å². The average Bonchev–Trinajstić information content (AvgIpc) is 2.60. The van der Waals surface area contributed by atoms with Crippen molar-refractivity contribution in [3.05, 3.63) is 83.9 Å². The number of aryl methyl sites for hydroxylation is 1. The van der Waals surface area contributed by atoms with Gasteiger partial charge >= 0.3 is 0 Å². The second-order valence-corrected chi connectivity index (χ2v) is 6.29. The van der Waals surface area contributed by atoms with Crippen molar-refractivity contribution < 1.29 is 0 Å². The summed E-state index contributed by atoms with van der Waals surface area (Å²) in [4.78, 5) is 0. The molecule has 118 valence electrons. The first-order valence-corrected chi connectivity index (χ1v) is 8.57. The van der Waals surface area contributed by atoms with Crippen LogP contribution in [0.25, 0.3) is 10.8 Å². The van der Waals surface area contributed by atoms with Crippen LogP contribution in [0.4, 0.5) is 0 Å². The van der Waals surface area contributed by atoms with Crippen LogP contribution in [0.3, 0.4) is 0 Å². The van der Waals surface area contributed by atoms with E-state index >= 15 is 0 Å². The zero-order valence-corrected chi connectivity index (χ0v) is 13.8. The average molecular weight is 303 g/mol. The van der Waals surface area contributed by atoms with Crippen molar-refractivity contribution in [2.24, 2.45) is 0 Å². The molecule has 0 spiro atoms. The fraction of sp³-hybridized carbons (Fsp3) is 0.273. The van der Waals surface area contributed by atoms with Gasteiger partial charge in [-0.25, -0.2) is 0 Å². The molecule has 0 bridgehead atoms. The maximum atomic E-state index is 3.65. The minimum Gasteiger partial charge on any atom is -0.314 e. The summed E-state index contributed by atoms with van der Waals surface area (Å²) in [5, 5.41) is 6.39. The Morgan fingerprint density at radius 2 is 1.57 bits per heavy atom. The maximum absolute atomic E-state index is 3.65. The highest BCUT2D eigenvalue weighted by molar-refractivity contribution is 5.85. The van der Waals surface area contributed by atoms with Crippen molar-refractivity contribution in [1.82, 2.24) is 5.32 Å². The Hall–Kier alpha value is -2.12. The fourth-order valence-electron chi connectivity index (χ4n) is 3.18. The van der Waals surface area contributed by atoms with Gasteiger partial charge in [0.15, 0.2) is 0 Å². The third kappa shape index (κ3) is 4.43. The highest BCUT2D eigenvalue weighted by atomic mass is 14.9. The lowest BCUT2D eigenvalue weighted by atomic mass is 10.0. The van der Waals surface area contributed by atoms with E-state index in [1.807, 2.05) is 0 Å². The molecule has 0 aliphatic carbocycles. The quantitative estimate of drug-likeness (QED) is 0.606. The van der Waals surface area contributed by atoms with Gasteiger partial charge in [-0.15, -0.1) is 0 Å². The standard InChI is InChI=1S/C22H25N/c1-18(17-19-9-3-2-4-10-19)23-16-8-14-21-13-7-12-20-11-5-6-15-22(20)21/h2-7,9-13,15,18,23H,8,14,16-17H2,1H3/t18-/m1/s1. The molecule has 0 saturated carbocycles. The highest BCUT2D eigenvalue weighted by Gasteiger charge is 2.03. The molecule has 1 heteroatoms. The van der Waals surface area contributed by atoms with E-state index in [0.717, 1.165) is 19.4 Å². The Kier molecular flexibility index (Phi) is 5.44. The van der Waals surface area contributed by atoms with Crippen LogP contribution in [0.15, 0.2) is 72.8 Å². The van der Waals surface area contributed by atoms with Crippen molar-refractivity contribution in [2.75, 3.05) is 6.54 Å². The number of rotatable bonds is 7. The summed E-state index contributed by atoms with van der Waals surface area (Å²) in [6.07, 6.45) is 3.40. The van der Waals surface area contributed by atoms with Gasteiger partial charge in [0.2, 0.25) is 0 Å². The monoisotopic (exact) mass is 303 g/mol. The molecule has 0 amide bonds. The topological polar surface area (TPSA) is 12.0 Å². The van der Waals surface area contributed by atoms with Crippen LogP contribution in [0.2, 0.25) is 0 Å². The van der Waals surface area contributed by atoms with E-state index in [0.29, 0.717) is 6.04 Å². The lowest BCUT2D eigenvalue weighted by Crippen LogP contribution is -2.29. The molecule has 0 aliphatic rings. The molecule has 0 aliphatic heterocycles. The number of hydrogen-bond acceptors (Lipinski definition) is 1. The molecule has 0 saturated heterocycles. The third-order valence-electron chi connectivity index (χ3n) is 4.38. The zero-order chi connectivity index (χ0) is 15.9. The van der Waals surface area contributed by atoms with Crippen LogP contribution < -0.4 is 5.32 Å². The van der Waals surface area contributed by atoms with Crippen molar-refractivity contribution in [3.8, 4) is 0 Å². The zero-order valence-electron chi connectivity index (χ0n) is 13.8. The first-order valence-electron chi connectivity index (χ1n) is 8.57. The second-order valence-electron chi connectivity index (χ2n) is 6.29. The van der Waals surface area contributed by atoms with Gasteiger partial charge in [0, 0.05) is 6.04 Å². The Balaban J connectivity index is 1.48. The molecule has 0 radical (unpaired) electrons. The van der Waals surface area contributed by atoms with Crippen molar-refractivity contribution >= 4 is 10.8 Å². The van der Waals surface area contributed by atoms with E-state index in [9.17, 15) is 0 Å². The molecule has 0 aromatic heterocycles. The van der Waals surface area contributed by atoms with Crippen LogP contribution >= 0.6 is 0 Å². The van der Waals surface area contributed by atoms with E-state index in [1.54, 1.807) is 0 Å².